The summed E-state index contributed by atoms with van der Waals surface area (Å²) in [7, 11) is 5.13. The molecule has 0 aliphatic carbocycles. The molecule has 190 valence electrons. The lowest BCUT2D eigenvalue weighted by Gasteiger charge is -2.26. The number of likely N-dealkylation sites (tertiary alicyclic amines) is 1. The second-order valence-electron chi connectivity index (χ2n) is 8.63. The molecule has 1 aromatic carbocycles. The molecular formula is C29H30N4O4. The highest BCUT2D eigenvalue weighted by Crippen LogP contribution is 2.33. The second kappa shape index (κ2) is 12.1. The maximum atomic E-state index is 11.5. The number of ether oxygens (including phenoxy) is 2. The van der Waals surface area contributed by atoms with Crippen LogP contribution in [0.25, 0.3) is 16.5 Å². The van der Waals surface area contributed by atoms with Crippen molar-refractivity contribution in [1.82, 2.24) is 19.9 Å². The predicted molar refractivity (Wildman–Crippen MR) is 143 cm³/mol. The summed E-state index contributed by atoms with van der Waals surface area (Å²) < 4.78 is 10.2. The first-order valence-electron chi connectivity index (χ1n) is 12.0. The van der Waals surface area contributed by atoms with E-state index in [2.05, 4.69) is 69.4 Å². The van der Waals surface area contributed by atoms with Crippen LogP contribution in [-0.4, -0.2) is 66.3 Å². The van der Waals surface area contributed by atoms with Gasteiger partial charge >= 0.3 is 0 Å². The minimum Gasteiger partial charge on any atom is -0.494 e. The zero-order chi connectivity index (χ0) is 26.2. The van der Waals surface area contributed by atoms with E-state index in [1.807, 2.05) is 12.3 Å². The molecule has 0 amide bonds. The number of fused-ring (bicyclic) bond motifs is 1. The maximum Gasteiger partial charge on any atom is 0.238 e. The Kier molecular flexibility index (Phi) is 8.43. The van der Waals surface area contributed by atoms with Crippen LogP contribution in [0.15, 0.2) is 72.7 Å². The molecule has 0 bridgehead atoms. The van der Waals surface area contributed by atoms with Gasteiger partial charge in [0.15, 0.2) is 6.29 Å². The lowest BCUT2D eigenvalue weighted by molar-refractivity contribution is -0.104. The SMILES string of the molecule is CN1CCC(=C(c2ccccc2)c2ccccn2)CC1.COc1ncc(OC)c2c(C(=O)C=O)c[nH]c12. The largest absolute Gasteiger partial charge is 0.494 e. The number of nitrogens with zero attached hydrogens (tertiary/aromatic N) is 3. The third-order valence-electron chi connectivity index (χ3n) is 6.35. The highest BCUT2D eigenvalue weighted by molar-refractivity contribution is 6.36. The highest BCUT2D eigenvalue weighted by atomic mass is 16.5. The van der Waals surface area contributed by atoms with Crippen LogP contribution in [0.2, 0.25) is 0 Å². The average Bonchev–Trinajstić information content (AvgIpc) is 3.40. The topological polar surface area (TPSA) is 97.4 Å². The van der Waals surface area contributed by atoms with Crippen molar-refractivity contribution in [2.24, 2.45) is 0 Å². The van der Waals surface area contributed by atoms with Crippen LogP contribution in [-0.2, 0) is 4.79 Å². The number of hydrogen-bond acceptors (Lipinski definition) is 7. The number of methoxy groups -OCH3 is 2. The van der Waals surface area contributed by atoms with Crippen LogP contribution in [0.4, 0.5) is 0 Å². The lowest BCUT2D eigenvalue weighted by atomic mass is 9.91. The molecule has 1 aliphatic rings. The quantitative estimate of drug-likeness (QED) is 0.236. The number of H-pyrrole nitrogens is 1. The summed E-state index contributed by atoms with van der Waals surface area (Å²) in [6.07, 6.45) is 7.29. The Morgan fingerprint density at radius 2 is 1.73 bits per heavy atom. The van der Waals surface area contributed by atoms with Crippen LogP contribution in [0.5, 0.6) is 11.6 Å². The van der Waals surface area contributed by atoms with Gasteiger partial charge in [-0.3, -0.25) is 14.6 Å². The Labute approximate surface area is 216 Å². The number of pyridine rings is 2. The van der Waals surface area contributed by atoms with Crippen molar-refractivity contribution in [3.63, 3.8) is 0 Å². The Hall–Kier alpha value is -4.30. The Balaban J connectivity index is 0.000000176. The lowest BCUT2D eigenvalue weighted by Crippen LogP contribution is -2.27. The van der Waals surface area contributed by atoms with E-state index >= 15 is 0 Å². The van der Waals surface area contributed by atoms with Gasteiger partial charge in [-0.15, -0.1) is 0 Å². The number of Topliss-reactive ketones (excluding diaryl/α,β-unsaturated/α-hetero) is 1. The summed E-state index contributed by atoms with van der Waals surface area (Å²) in [5, 5.41) is 0.497. The molecule has 0 unspecified atom stereocenters. The van der Waals surface area contributed by atoms with E-state index in [1.54, 1.807) is 0 Å². The molecule has 0 atom stereocenters. The van der Waals surface area contributed by atoms with Crippen LogP contribution in [0, 0.1) is 0 Å². The molecule has 0 saturated carbocycles. The predicted octanol–water partition coefficient (Wildman–Crippen LogP) is 4.57. The number of rotatable bonds is 6. The number of carbonyl (C=O) groups is 2. The monoisotopic (exact) mass is 498 g/mol. The van der Waals surface area contributed by atoms with Crippen molar-refractivity contribution in [3.05, 3.63) is 89.5 Å². The third-order valence-corrected chi connectivity index (χ3v) is 6.35. The normalized spacial score (nSPS) is 13.4. The summed E-state index contributed by atoms with van der Waals surface area (Å²) in [4.78, 5) is 35.8. The van der Waals surface area contributed by atoms with Crippen LogP contribution >= 0.6 is 0 Å². The molecule has 8 nitrogen and oxygen atoms in total. The first kappa shape index (κ1) is 25.8. The van der Waals surface area contributed by atoms with Gasteiger partial charge < -0.3 is 19.4 Å². The number of aromatic nitrogens is 3. The minimum atomic E-state index is -0.622. The van der Waals surface area contributed by atoms with E-state index < -0.39 is 5.78 Å². The van der Waals surface area contributed by atoms with Crippen LogP contribution < -0.4 is 9.47 Å². The summed E-state index contributed by atoms with van der Waals surface area (Å²) in [6, 6.07) is 16.8. The van der Waals surface area contributed by atoms with Crippen molar-refractivity contribution in [1.29, 1.82) is 0 Å². The molecule has 5 rings (SSSR count). The van der Waals surface area contributed by atoms with E-state index in [9.17, 15) is 9.59 Å². The molecule has 4 heterocycles. The molecule has 4 aromatic rings. The van der Waals surface area contributed by atoms with Gasteiger partial charge in [0.1, 0.15) is 11.3 Å². The molecular weight excluding hydrogens is 468 g/mol. The zero-order valence-electron chi connectivity index (χ0n) is 21.2. The fraction of sp³-hybridized carbons (Fsp3) is 0.241. The number of aldehydes is 1. The van der Waals surface area contributed by atoms with Gasteiger partial charge in [-0.1, -0.05) is 42.0 Å². The van der Waals surface area contributed by atoms with Gasteiger partial charge in [0, 0.05) is 31.1 Å². The number of piperidine rings is 1. The Morgan fingerprint density at radius 3 is 2.35 bits per heavy atom. The first-order valence-corrected chi connectivity index (χ1v) is 12.0. The smallest absolute Gasteiger partial charge is 0.238 e. The van der Waals surface area contributed by atoms with Gasteiger partial charge in [0.25, 0.3) is 0 Å². The van der Waals surface area contributed by atoms with Gasteiger partial charge in [0.2, 0.25) is 11.7 Å². The highest BCUT2D eigenvalue weighted by Gasteiger charge is 2.19. The Morgan fingerprint density at radius 1 is 1.00 bits per heavy atom. The molecule has 1 aliphatic heterocycles. The van der Waals surface area contributed by atoms with Crippen LogP contribution in [0.3, 0.4) is 0 Å². The van der Waals surface area contributed by atoms with Crippen molar-refractivity contribution in [2.75, 3.05) is 34.4 Å². The van der Waals surface area contributed by atoms with E-state index in [-0.39, 0.29) is 11.8 Å². The maximum absolute atomic E-state index is 11.5. The van der Waals surface area contributed by atoms with Crippen molar-refractivity contribution >= 4 is 28.5 Å². The number of benzene rings is 1. The van der Waals surface area contributed by atoms with Gasteiger partial charge in [-0.2, -0.15) is 0 Å². The van der Waals surface area contributed by atoms with E-state index in [0.29, 0.717) is 22.5 Å². The number of aromatic amines is 1. The van der Waals surface area contributed by atoms with Gasteiger partial charge in [0.05, 0.1) is 37.1 Å². The fourth-order valence-electron chi connectivity index (χ4n) is 4.45. The minimum absolute atomic E-state index is 0.243. The molecule has 1 saturated heterocycles. The third kappa shape index (κ3) is 5.76. The summed E-state index contributed by atoms with van der Waals surface area (Å²) >= 11 is 0. The van der Waals surface area contributed by atoms with E-state index in [4.69, 9.17) is 9.47 Å². The van der Waals surface area contributed by atoms with Crippen molar-refractivity contribution in [3.8, 4) is 11.6 Å². The van der Waals surface area contributed by atoms with Crippen molar-refractivity contribution < 1.29 is 19.1 Å². The number of ketones is 1. The van der Waals surface area contributed by atoms with E-state index in [0.717, 1.165) is 31.6 Å². The molecule has 8 heteroatoms. The molecule has 37 heavy (non-hydrogen) atoms. The van der Waals surface area contributed by atoms with Crippen molar-refractivity contribution in [2.45, 2.75) is 12.8 Å². The number of nitrogens with one attached hydrogen (secondary N) is 1. The molecule has 1 N–H and O–H groups in total. The number of carbonyl (C=O) groups excluding carboxylic acids is 2. The van der Waals surface area contributed by atoms with E-state index in [1.165, 1.54) is 43.3 Å². The summed E-state index contributed by atoms with van der Waals surface area (Å²) in [6.45, 7) is 2.27. The first-order chi connectivity index (χ1) is 18.1. The average molecular weight is 499 g/mol. The number of hydrogen-bond donors (Lipinski definition) is 1. The second-order valence-corrected chi connectivity index (χ2v) is 8.63. The molecule has 3 aromatic heterocycles. The van der Waals surface area contributed by atoms with Gasteiger partial charge in [-0.05, 0) is 37.6 Å². The molecule has 0 spiro atoms. The summed E-state index contributed by atoms with van der Waals surface area (Å²) in [5.74, 6) is 0.126. The van der Waals surface area contributed by atoms with Gasteiger partial charge in [-0.25, -0.2) is 4.98 Å². The fourth-order valence-corrected chi connectivity index (χ4v) is 4.45. The Bertz CT molecular complexity index is 1350. The summed E-state index contributed by atoms with van der Waals surface area (Å²) in [5.41, 5.74) is 6.01. The standard InChI is InChI=1S/C18H20N2.C11H10N2O4/c1-20-13-10-16(11-14-20)18(15-7-3-2-4-8-15)17-9-5-6-12-19-17;1-16-8-4-13-11(17-2)10-9(8)6(3-12-10)7(15)5-14/h2-9,12H,10-11,13-14H2,1H3;3-5,12H,1-2H3. The van der Waals surface area contributed by atoms with Crippen LogP contribution in [0.1, 0.15) is 34.5 Å². The molecule has 1 fully saturated rings. The molecule has 0 radical (unpaired) electrons. The zero-order valence-corrected chi connectivity index (χ0v) is 21.2.